The summed E-state index contributed by atoms with van der Waals surface area (Å²) in [7, 11) is 0. The van der Waals surface area contributed by atoms with Crippen LogP contribution < -0.4 is 16.6 Å². The normalized spacial score (nSPS) is 14.0. The predicted molar refractivity (Wildman–Crippen MR) is 71.2 cm³/mol. The number of nitrogens with two attached hydrogens (primary N) is 1. The van der Waals surface area contributed by atoms with E-state index in [0.717, 1.165) is 13.0 Å². The Bertz CT molecular complexity index is 189. The Kier molecular flexibility index (Phi) is 9.00. The van der Waals surface area contributed by atoms with Crippen molar-refractivity contribution in [3.05, 3.63) is 0 Å². The van der Waals surface area contributed by atoms with Gasteiger partial charge in [0, 0.05) is 12.6 Å². The fourth-order valence-corrected chi connectivity index (χ4v) is 1.41. The third-order valence-electron chi connectivity index (χ3n) is 2.38. The zero-order valence-electron chi connectivity index (χ0n) is 11.2. The Labute approximate surface area is 100 Å². The van der Waals surface area contributed by atoms with Crippen LogP contribution in [0.2, 0.25) is 0 Å². The van der Waals surface area contributed by atoms with Crippen LogP contribution in [-0.4, -0.2) is 18.5 Å². The summed E-state index contributed by atoms with van der Waals surface area (Å²) >= 11 is 0. The number of hydrogen-bond acceptors (Lipinski definition) is 2. The zero-order chi connectivity index (χ0) is 12.4. The van der Waals surface area contributed by atoms with Gasteiger partial charge in [-0.2, -0.15) is 0 Å². The highest BCUT2D eigenvalue weighted by Crippen LogP contribution is 2.02. The van der Waals surface area contributed by atoms with Gasteiger partial charge in [-0.1, -0.05) is 40.0 Å². The maximum atomic E-state index is 5.42. The quantitative estimate of drug-likeness (QED) is 0.205. The van der Waals surface area contributed by atoms with Crippen LogP contribution in [0.25, 0.3) is 0 Å². The van der Waals surface area contributed by atoms with Crippen molar-refractivity contribution in [2.75, 3.05) is 6.54 Å². The molecule has 0 heterocycles. The first kappa shape index (κ1) is 15.2. The van der Waals surface area contributed by atoms with Gasteiger partial charge in [0.15, 0.2) is 0 Å². The van der Waals surface area contributed by atoms with Crippen LogP contribution >= 0.6 is 0 Å². The van der Waals surface area contributed by atoms with E-state index in [1.807, 2.05) is 0 Å². The van der Waals surface area contributed by atoms with Gasteiger partial charge in [0.25, 0.3) is 0 Å². The van der Waals surface area contributed by atoms with Crippen LogP contribution in [0.4, 0.5) is 0 Å². The highest BCUT2D eigenvalue weighted by atomic mass is 15.3. The van der Waals surface area contributed by atoms with Crippen molar-refractivity contribution in [2.45, 2.75) is 59.4 Å². The minimum atomic E-state index is 0.425. The van der Waals surface area contributed by atoms with E-state index in [2.05, 4.69) is 43.4 Å². The van der Waals surface area contributed by atoms with Crippen molar-refractivity contribution in [3.63, 3.8) is 0 Å². The van der Waals surface area contributed by atoms with Crippen LogP contribution in [0.3, 0.4) is 0 Å². The van der Waals surface area contributed by atoms with Gasteiger partial charge in [0.1, 0.15) is 0 Å². The lowest BCUT2D eigenvalue weighted by molar-refractivity contribution is 0.545. The second-order valence-electron chi connectivity index (χ2n) is 4.77. The van der Waals surface area contributed by atoms with E-state index in [9.17, 15) is 0 Å². The molecule has 0 fully saturated rings. The number of hydrogen-bond donors (Lipinski definition) is 3. The third kappa shape index (κ3) is 8.53. The molecule has 0 aliphatic carbocycles. The van der Waals surface area contributed by atoms with E-state index in [1.165, 1.54) is 19.3 Å². The fraction of sp³-hybridized carbons (Fsp3) is 0.917. The standard InChI is InChI=1S/C12H28N4/c1-5-6-7-8-11(4)15-12(16-13)14-9-10(2)3/h10-11H,5-9,13H2,1-4H3,(H2,14,15,16). The largest absolute Gasteiger partial charge is 0.353 e. The zero-order valence-corrected chi connectivity index (χ0v) is 11.2. The predicted octanol–water partition coefficient (Wildman–Crippen LogP) is 2.02. The summed E-state index contributed by atoms with van der Waals surface area (Å²) in [5, 5.41) is 3.29. The molecule has 0 spiro atoms. The molecule has 16 heavy (non-hydrogen) atoms. The minimum absolute atomic E-state index is 0.425. The van der Waals surface area contributed by atoms with E-state index >= 15 is 0 Å². The molecule has 0 amide bonds. The summed E-state index contributed by atoms with van der Waals surface area (Å²) < 4.78 is 0. The number of guanidine groups is 1. The molecule has 0 radical (unpaired) electrons. The number of aliphatic imine (C=N–C) groups is 1. The molecule has 0 saturated heterocycles. The lowest BCUT2D eigenvalue weighted by Crippen LogP contribution is -2.45. The maximum absolute atomic E-state index is 5.42. The molecule has 0 aliphatic heterocycles. The van der Waals surface area contributed by atoms with Gasteiger partial charge in [0.05, 0.1) is 0 Å². The van der Waals surface area contributed by atoms with Crippen LogP contribution in [0.15, 0.2) is 4.99 Å². The van der Waals surface area contributed by atoms with E-state index < -0.39 is 0 Å². The number of nitrogens with zero attached hydrogens (tertiary/aromatic N) is 1. The van der Waals surface area contributed by atoms with Crippen molar-refractivity contribution < 1.29 is 0 Å². The Morgan fingerprint density at radius 3 is 2.44 bits per heavy atom. The van der Waals surface area contributed by atoms with E-state index in [1.54, 1.807) is 0 Å². The molecular weight excluding hydrogens is 200 g/mol. The van der Waals surface area contributed by atoms with Crippen molar-refractivity contribution in [2.24, 2.45) is 16.8 Å². The number of nitrogens with one attached hydrogen (secondary N) is 2. The first-order chi connectivity index (χ1) is 7.60. The van der Waals surface area contributed by atoms with Gasteiger partial charge < -0.3 is 5.32 Å². The molecule has 0 rings (SSSR count). The molecule has 0 aliphatic rings. The molecule has 0 aromatic rings. The Morgan fingerprint density at radius 1 is 1.25 bits per heavy atom. The first-order valence-corrected chi connectivity index (χ1v) is 6.37. The van der Waals surface area contributed by atoms with Crippen molar-refractivity contribution in [3.8, 4) is 0 Å². The van der Waals surface area contributed by atoms with Gasteiger partial charge in [-0.3, -0.25) is 10.4 Å². The molecule has 4 heteroatoms. The fourth-order valence-electron chi connectivity index (χ4n) is 1.41. The van der Waals surface area contributed by atoms with Crippen molar-refractivity contribution in [1.82, 2.24) is 10.7 Å². The maximum Gasteiger partial charge on any atom is 0.205 e. The molecule has 0 saturated carbocycles. The number of unbranched alkanes of at least 4 members (excludes halogenated alkanes) is 2. The highest BCUT2D eigenvalue weighted by molar-refractivity contribution is 5.79. The highest BCUT2D eigenvalue weighted by Gasteiger charge is 2.04. The molecule has 0 bridgehead atoms. The summed E-state index contributed by atoms with van der Waals surface area (Å²) in [4.78, 5) is 4.38. The van der Waals surface area contributed by atoms with Gasteiger partial charge >= 0.3 is 0 Å². The molecular formula is C12H28N4. The number of hydrazine groups is 1. The van der Waals surface area contributed by atoms with Crippen LogP contribution in [0.1, 0.15) is 53.4 Å². The van der Waals surface area contributed by atoms with Gasteiger partial charge in [-0.25, -0.2) is 5.84 Å². The summed E-state index contributed by atoms with van der Waals surface area (Å²) in [6.07, 6.45) is 4.97. The van der Waals surface area contributed by atoms with Gasteiger partial charge in [0.2, 0.25) is 5.96 Å². The van der Waals surface area contributed by atoms with Crippen LogP contribution in [-0.2, 0) is 0 Å². The van der Waals surface area contributed by atoms with Gasteiger partial charge in [-0.05, 0) is 19.3 Å². The second kappa shape index (κ2) is 9.46. The SMILES string of the molecule is CCCCCC(C)NC(=NCC(C)C)NN. The van der Waals surface area contributed by atoms with E-state index in [0.29, 0.717) is 17.9 Å². The number of rotatable bonds is 7. The first-order valence-electron chi connectivity index (χ1n) is 6.37. The topological polar surface area (TPSA) is 62.4 Å². The summed E-state index contributed by atoms with van der Waals surface area (Å²) in [5.41, 5.74) is 2.62. The average Bonchev–Trinajstić information content (AvgIpc) is 2.24. The Balaban J connectivity index is 3.86. The second-order valence-corrected chi connectivity index (χ2v) is 4.77. The third-order valence-corrected chi connectivity index (χ3v) is 2.38. The molecule has 4 nitrogen and oxygen atoms in total. The molecule has 0 aromatic heterocycles. The van der Waals surface area contributed by atoms with Crippen LogP contribution in [0, 0.1) is 5.92 Å². The lowest BCUT2D eigenvalue weighted by atomic mass is 10.1. The van der Waals surface area contributed by atoms with Crippen molar-refractivity contribution >= 4 is 5.96 Å². The minimum Gasteiger partial charge on any atom is -0.353 e. The molecule has 1 atom stereocenters. The molecule has 1 unspecified atom stereocenters. The monoisotopic (exact) mass is 228 g/mol. The molecule has 0 aromatic carbocycles. The molecule has 96 valence electrons. The van der Waals surface area contributed by atoms with Crippen molar-refractivity contribution in [1.29, 1.82) is 0 Å². The summed E-state index contributed by atoms with van der Waals surface area (Å²) in [6, 6.07) is 0.425. The van der Waals surface area contributed by atoms with Gasteiger partial charge in [-0.15, -0.1) is 0 Å². The lowest BCUT2D eigenvalue weighted by Gasteiger charge is -2.16. The average molecular weight is 228 g/mol. The Hall–Kier alpha value is -0.770. The van der Waals surface area contributed by atoms with E-state index in [-0.39, 0.29) is 0 Å². The summed E-state index contributed by atoms with van der Waals surface area (Å²) in [5.74, 6) is 6.68. The smallest absolute Gasteiger partial charge is 0.205 e. The Morgan fingerprint density at radius 2 is 1.94 bits per heavy atom. The van der Waals surface area contributed by atoms with E-state index in [4.69, 9.17) is 5.84 Å². The summed E-state index contributed by atoms with van der Waals surface area (Å²) in [6.45, 7) is 9.46. The molecule has 4 N–H and O–H groups in total. The van der Waals surface area contributed by atoms with Crippen LogP contribution in [0.5, 0.6) is 0 Å².